The zero-order valence-electron chi connectivity index (χ0n) is 10.2. The lowest BCUT2D eigenvalue weighted by atomic mass is 10.2. The number of rotatable bonds is 4. The normalized spacial score (nSPS) is 10.5. The summed E-state index contributed by atoms with van der Waals surface area (Å²) in [4.78, 5) is 10.8. The van der Waals surface area contributed by atoms with Gasteiger partial charge in [-0.15, -0.1) is 0 Å². The van der Waals surface area contributed by atoms with Crippen LogP contribution in [0.15, 0.2) is 59.2 Å². The highest BCUT2D eigenvalue weighted by atomic mass is 16.5. The van der Waals surface area contributed by atoms with Gasteiger partial charge >= 0.3 is 0 Å². The molecule has 0 atom stereocenters. The van der Waals surface area contributed by atoms with Crippen LogP contribution in [0.1, 0.15) is 15.9 Å². The monoisotopic (exact) mass is 252 g/mol. The minimum atomic E-state index is 0.508. The molecule has 3 aromatic rings. The molecular weight excluding hydrogens is 240 g/mol. The third-order valence-corrected chi connectivity index (χ3v) is 2.95. The number of hydrogen-bond donors (Lipinski definition) is 0. The van der Waals surface area contributed by atoms with Gasteiger partial charge in [-0.2, -0.15) is 0 Å². The number of carbonyl (C=O) groups is 1. The van der Waals surface area contributed by atoms with Crippen LogP contribution >= 0.6 is 0 Å². The van der Waals surface area contributed by atoms with Crippen molar-refractivity contribution in [3.63, 3.8) is 0 Å². The van der Waals surface area contributed by atoms with Crippen LogP contribution in [0.5, 0.6) is 5.75 Å². The molecule has 0 aliphatic rings. The second kappa shape index (κ2) is 4.98. The van der Waals surface area contributed by atoms with E-state index in [2.05, 4.69) is 0 Å². The molecule has 0 aliphatic heterocycles. The minimum absolute atomic E-state index is 0.508. The number of carbonyl (C=O) groups excluding carboxylic acids is 1. The van der Waals surface area contributed by atoms with E-state index in [1.54, 1.807) is 6.07 Å². The maximum absolute atomic E-state index is 10.8. The Labute approximate surface area is 110 Å². The van der Waals surface area contributed by atoms with Gasteiger partial charge in [0.05, 0.1) is 5.56 Å². The first-order valence-corrected chi connectivity index (χ1v) is 6.00. The fourth-order valence-corrected chi connectivity index (χ4v) is 1.95. The third kappa shape index (κ3) is 2.36. The number of fused-ring (bicyclic) bond motifs is 1. The highest BCUT2D eigenvalue weighted by Gasteiger charge is 2.06. The van der Waals surface area contributed by atoms with Gasteiger partial charge in [-0.05, 0) is 17.7 Å². The molecule has 0 amide bonds. The average Bonchev–Trinajstić information content (AvgIpc) is 2.88. The van der Waals surface area contributed by atoms with E-state index >= 15 is 0 Å². The van der Waals surface area contributed by atoms with Crippen molar-refractivity contribution in [1.29, 1.82) is 0 Å². The van der Waals surface area contributed by atoms with Crippen molar-refractivity contribution < 1.29 is 13.9 Å². The Hall–Kier alpha value is -2.55. The van der Waals surface area contributed by atoms with Gasteiger partial charge in [0.15, 0.2) is 6.29 Å². The molecule has 0 bridgehead atoms. The number of benzene rings is 2. The van der Waals surface area contributed by atoms with E-state index < -0.39 is 0 Å². The Morgan fingerprint density at radius 3 is 2.74 bits per heavy atom. The van der Waals surface area contributed by atoms with E-state index in [0.29, 0.717) is 17.8 Å². The molecule has 0 N–H and O–H groups in total. The molecule has 0 saturated carbocycles. The molecule has 3 rings (SSSR count). The van der Waals surface area contributed by atoms with Crippen molar-refractivity contribution in [3.05, 3.63) is 65.9 Å². The summed E-state index contributed by atoms with van der Waals surface area (Å²) in [7, 11) is 0. The van der Waals surface area contributed by atoms with Gasteiger partial charge < -0.3 is 9.15 Å². The molecule has 3 heteroatoms. The highest BCUT2D eigenvalue weighted by Crippen LogP contribution is 2.25. The molecule has 3 nitrogen and oxygen atoms in total. The van der Waals surface area contributed by atoms with Crippen LogP contribution in [-0.2, 0) is 6.61 Å². The summed E-state index contributed by atoms with van der Waals surface area (Å²) in [6.07, 6.45) is 2.25. The van der Waals surface area contributed by atoms with Gasteiger partial charge in [-0.1, -0.05) is 30.3 Å². The van der Waals surface area contributed by atoms with E-state index in [9.17, 15) is 4.79 Å². The SMILES string of the molecule is O=Cc1coc2cc(OCc3ccccc3)ccc12. The molecule has 1 aromatic heterocycles. The van der Waals surface area contributed by atoms with Crippen LogP contribution in [0.3, 0.4) is 0 Å². The average molecular weight is 252 g/mol. The second-order valence-corrected chi connectivity index (χ2v) is 4.24. The van der Waals surface area contributed by atoms with Crippen LogP contribution in [0.4, 0.5) is 0 Å². The highest BCUT2D eigenvalue weighted by molar-refractivity contribution is 5.96. The number of hydrogen-bond acceptors (Lipinski definition) is 3. The molecule has 0 fully saturated rings. The maximum atomic E-state index is 10.8. The first kappa shape index (κ1) is 11.5. The van der Waals surface area contributed by atoms with Gasteiger partial charge in [-0.3, -0.25) is 4.79 Å². The van der Waals surface area contributed by atoms with Crippen molar-refractivity contribution in [2.24, 2.45) is 0 Å². The zero-order valence-corrected chi connectivity index (χ0v) is 10.2. The summed E-state index contributed by atoms with van der Waals surface area (Å²) < 4.78 is 11.0. The molecule has 0 spiro atoms. The predicted molar refractivity (Wildman–Crippen MR) is 72.4 cm³/mol. The number of furan rings is 1. The zero-order chi connectivity index (χ0) is 13.1. The van der Waals surface area contributed by atoms with E-state index in [1.165, 1.54) is 6.26 Å². The summed E-state index contributed by atoms with van der Waals surface area (Å²) in [5.74, 6) is 0.725. The number of aldehydes is 1. The Morgan fingerprint density at radius 2 is 1.95 bits per heavy atom. The van der Waals surface area contributed by atoms with Gasteiger partial charge in [0.1, 0.15) is 24.2 Å². The molecule has 0 unspecified atom stereocenters. The van der Waals surface area contributed by atoms with E-state index in [4.69, 9.17) is 9.15 Å². The summed E-state index contributed by atoms with van der Waals surface area (Å²) in [6, 6.07) is 15.4. The van der Waals surface area contributed by atoms with Crippen molar-refractivity contribution in [3.8, 4) is 5.75 Å². The van der Waals surface area contributed by atoms with Gasteiger partial charge in [0, 0.05) is 11.5 Å². The van der Waals surface area contributed by atoms with Crippen molar-refractivity contribution in [2.45, 2.75) is 6.61 Å². The van der Waals surface area contributed by atoms with Gasteiger partial charge in [0.25, 0.3) is 0 Å². The Bertz CT molecular complexity index is 698. The summed E-state index contributed by atoms with van der Waals surface area (Å²) in [5.41, 5.74) is 2.33. The van der Waals surface area contributed by atoms with Crippen LogP contribution in [0, 0.1) is 0 Å². The molecule has 1 heterocycles. The lowest BCUT2D eigenvalue weighted by Crippen LogP contribution is -1.94. The van der Waals surface area contributed by atoms with E-state index in [1.807, 2.05) is 42.5 Å². The molecule has 19 heavy (non-hydrogen) atoms. The molecule has 94 valence electrons. The van der Waals surface area contributed by atoms with Crippen LogP contribution in [-0.4, -0.2) is 6.29 Å². The van der Waals surface area contributed by atoms with Crippen molar-refractivity contribution >= 4 is 17.3 Å². The van der Waals surface area contributed by atoms with Crippen LogP contribution in [0.25, 0.3) is 11.0 Å². The number of ether oxygens (including phenoxy) is 1. The maximum Gasteiger partial charge on any atom is 0.153 e. The smallest absolute Gasteiger partial charge is 0.153 e. The van der Waals surface area contributed by atoms with Crippen molar-refractivity contribution in [1.82, 2.24) is 0 Å². The van der Waals surface area contributed by atoms with Crippen molar-refractivity contribution in [2.75, 3.05) is 0 Å². The van der Waals surface area contributed by atoms with Crippen LogP contribution < -0.4 is 4.74 Å². The first-order chi connectivity index (χ1) is 9.36. The summed E-state index contributed by atoms with van der Waals surface area (Å²) >= 11 is 0. The molecule has 0 aliphatic carbocycles. The first-order valence-electron chi connectivity index (χ1n) is 6.00. The lowest BCUT2D eigenvalue weighted by Gasteiger charge is -2.05. The second-order valence-electron chi connectivity index (χ2n) is 4.24. The summed E-state index contributed by atoms with van der Waals surface area (Å²) in [5, 5.41) is 0.807. The predicted octanol–water partition coefficient (Wildman–Crippen LogP) is 3.82. The Morgan fingerprint density at radius 1 is 1.11 bits per heavy atom. The fourth-order valence-electron chi connectivity index (χ4n) is 1.95. The quantitative estimate of drug-likeness (QED) is 0.662. The molecular formula is C16H12O3. The topological polar surface area (TPSA) is 39.4 Å². The largest absolute Gasteiger partial charge is 0.489 e. The summed E-state index contributed by atoms with van der Waals surface area (Å²) in [6.45, 7) is 0.508. The molecule has 2 aromatic carbocycles. The Kier molecular flexibility index (Phi) is 3.02. The minimum Gasteiger partial charge on any atom is -0.489 e. The van der Waals surface area contributed by atoms with E-state index in [-0.39, 0.29) is 0 Å². The Balaban J connectivity index is 1.80. The van der Waals surface area contributed by atoms with Gasteiger partial charge in [0.2, 0.25) is 0 Å². The molecule has 0 radical (unpaired) electrons. The lowest BCUT2D eigenvalue weighted by molar-refractivity contribution is 0.112. The van der Waals surface area contributed by atoms with Gasteiger partial charge in [-0.25, -0.2) is 0 Å². The third-order valence-electron chi connectivity index (χ3n) is 2.95. The molecule has 0 saturated heterocycles. The standard InChI is InChI=1S/C16H12O3/c17-9-13-11-19-16-8-14(6-7-15(13)16)18-10-12-4-2-1-3-5-12/h1-9,11H,10H2. The fraction of sp³-hybridized carbons (Fsp3) is 0.0625. The van der Waals surface area contributed by atoms with Crippen LogP contribution in [0.2, 0.25) is 0 Å². The van der Waals surface area contributed by atoms with E-state index in [0.717, 1.165) is 23.0 Å².